The molecule has 0 saturated heterocycles. The minimum atomic E-state index is -1.16. The third kappa shape index (κ3) is 4.62. The molecule has 2 rings (SSSR count). The van der Waals surface area contributed by atoms with Crippen molar-refractivity contribution in [3.8, 4) is 0 Å². The number of carbonyl (C=O) groups is 2. The first-order valence-electron chi connectivity index (χ1n) is 7.20. The average Bonchev–Trinajstić information content (AvgIpc) is 2.56. The van der Waals surface area contributed by atoms with Crippen LogP contribution in [0.4, 0.5) is 17.1 Å². The predicted molar refractivity (Wildman–Crippen MR) is 97.5 cm³/mol. The quantitative estimate of drug-likeness (QED) is 0.343. The summed E-state index contributed by atoms with van der Waals surface area (Å²) in [5, 5.41) is 13.8. The van der Waals surface area contributed by atoms with Crippen LogP contribution in [0.5, 0.6) is 0 Å². The van der Waals surface area contributed by atoms with Gasteiger partial charge in [0.1, 0.15) is 0 Å². The number of nitrogen functional groups attached to an aromatic ring is 1. The highest BCUT2D eigenvalue weighted by atomic mass is 35.5. The smallest absolute Gasteiger partial charge is 0.341 e. The van der Waals surface area contributed by atoms with Crippen molar-refractivity contribution in [2.24, 2.45) is 0 Å². The second kappa shape index (κ2) is 8.03. The molecule has 0 spiro atoms. The lowest BCUT2D eigenvalue weighted by atomic mass is 10.1. The topological polar surface area (TPSA) is 125 Å². The molecule has 10 heteroatoms. The normalized spacial score (nSPS) is 11.5. The number of nitrogens with one attached hydrogen (secondary N) is 1. The molecule has 0 aromatic heterocycles. The molecule has 3 N–H and O–H groups in total. The van der Waals surface area contributed by atoms with E-state index < -0.39 is 22.9 Å². The van der Waals surface area contributed by atoms with Gasteiger partial charge in [-0.15, -0.1) is 0 Å². The fourth-order valence-corrected chi connectivity index (χ4v) is 2.41. The van der Waals surface area contributed by atoms with E-state index in [1.165, 1.54) is 25.1 Å². The van der Waals surface area contributed by atoms with Gasteiger partial charge in [-0.2, -0.15) is 0 Å². The Labute approximate surface area is 158 Å². The van der Waals surface area contributed by atoms with Crippen molar-refractivity contribution < 1.29 is 19.2 Å². The lowest BCUT2D eigenvalue weighted by molar-refractivity contribution is -0.384. The number of hydrogen-bond acceptors (Lipinski definition) is 6. The Morgan fingerprint density at radius 1 is 1.23 bits per heavy atom. The Hall–Kier alpha value is -2.84. The molecule has 0 aliphatic heterocycles. The zero-order chi connectivity index (χ0) is 19.4. The van der Waals surface area contributed by atoms with Gasteiger partial charge in [0.25, 0.3) is 11.6 Å². The summed E-state index contributed by atoms with van der Waals surface area (Å²) < 4.78 is 5.05. The molecular weight excluding hydrogens is 385 g/mol. The van der Waals surface area contributed by atoms with Crippen LogP contribution >= 0.6 is 23.2 Å². The molecule has 8 nitrogen and oxygen atoms in total. The van der Waals surface area contributed by atoms with Gasteiger partial charge in [0.15, 0.2) is 6.10 Å². The molecular formula is C16H13Cl2N3O5. The number of carbonyl (C=O) groups excluding carboxylic acids is 2. The molecule has 2 aromatic carbocycles. The second-order valence-corrected chi connectivity index (χ2v) is 6.03. The fourth-order valence-electron chi connectivity index (χ4n) is 1.95. The lowest BCUT2D eigenvalue weighted by Gasteiger charge is -2.15. The molecule has 0 aliphatic rings. The maximum Gasteiger partial charge on any atom is 0.341 e. The van der Waals surface area contributed by atoms with Crippen molar-refractivity contribution in [1.29, 1.82) is 0 Å². The van der Waals surface area contributed by atoms with Gasteiger partial charge < -0.3 is 15.8 Å². The minimum Gasteiger partial charge on any atom is -0.449 e. The zero-order valence-corrected chi connectivity index (χ0v) is 14.9. The van der Waals surface area contributed by atoms with Crippen LogP contribution in [-0.2, 0) is 9.53 Å². The molecule has 0 aliphatic carbocycles. The number of non-ortho nitro benzene ring substituents is 1. The van der Waals surface area contributed by atoms with Crippen LogP contribution in [0.15, 0.2) is 36.4 Å². The van der Waals surface area contributed by atoms with Gasteiger partial charge in [0.2, 0.25) is 0 Å². The molecule has 0 saturated carbocycles. The molecule has 0 unspecified atom stereocenters. The van der Waals surface area contributed by atoms with E-state index in [4.69, 9.17) is 33.7 Å². The summed E-state index contributed by atoms with van der Waals surface area (Å²) in [6.07, 6.45) is -1.16. The Morgan fingerprint density at radius 3 is 2.50 bits per heavy atom. The van der Waals surface area contributed by atoms with E-state index in [-0.39, 0.29) is 22.0 Å². The highest BCUT2D eigenvalue weighted by Gasteiger charge is 2.22. The van der Waals surface area contributed by atoms with Crippen LogP contribution in [0.25, 0.3) is 0 Å². The van der Waals surface area contributed by atoms with Gasteiger partial charge >= 0.3 is 5.97 Å². The van der Waals surface area contributed by atoms with Crippen LogP contribution in [0.2, 0.25) is 10.0 Å². The van der Waals surface area contributed by atoms with Crippen molar-refractivity contribution in [1.82, 2.24) is 0 Å². The molecule has 0 heterocycles. The third-order valence-electron chi connectivity index (χ3n) is 3.31. The van der Waals surface area contributed by atoms with Crippen molar-refractivity contribution >= 4 is 52.1 Å². The van der Waals surface area contributed by atoms with E-state index in [0.717, 1.165) is 18.2 Å². The Balaban J connectivity index is 2.06. The highest BCUT2D eigenvalue weighted by Crippen LogP contribution is 2.26. The number of halogens is 2. The summed E-state index contributed by atoms with van der Waals surface area (Å²) in [7, 11) is 0. The van der Waals surface area contributed by atoms with E-state index >= 15 is 0 Å². The van der Waals surface area contributed by atoms with E-state index in [9.17, 15) is 19.7 Å². The van der Waals surface area contributed by atoms with Crippen LogP contribution in [0.1, 0.15) is 17.3 Å². The number of hydrogen-bond donors (Lipinski definition) is 2. The number of anilines is 2. The molecule has 1 amide bonds. The number of nitrogens with two attached hydrogens (primary N) is 1. The van der Waals surface area contributed by atoms with Crippen molar-refractivity contribution in [2.45, 2.75) is 13.0 Å². The lowest BCUT2D eigenvalue weighted by Crippen LogP contribution is -2.30. The van der Waals surface area contributed by atoms with Gasteiger partial charge in [-0.05, 0) is 31.2 Å². The maximum atomic E-state index is 12.1. The largest absolute Gasteiger partial charge is 0.449 e. The number of nitro groups is 1. The van der Waals surface area contributed by atoms with E-state index in [1.54, 1.807) is 0 Å². The zero-order valence-electron chi connectivity index (χ0n) is 13.4. The molecule has 0 fully saturated rings. The monoisotopic (exact) mass is 397 g/mol. The number of nitrogens with zero attached hydrogens (tertiary/aromatic N) is 1. The standard InChI is InChI=1S/C16H13Cl2N3O5/c1-8(15(22)20-14-5-2-9(17)6-12(14)18)26-16(23)11-4-3-10(21(24)25)7-13(11)19/h2-8H,19H2,1H3,(H,20,22)/t8-/m1/s1. The van der Waals surface area contributed by atoms with Crippen LogP contribution in [0.3, 0.4) is 0 Å². The maximum absolute atomic E-state index is 12.1. The molecule has 2 aromatic rings. The fraction of sp³-hybridized carbons (Fsp3) is 0.125. The molecule has 1 atom stereocenters. The Kier molecular flexibility index (Phi) is 6.01. The highest BCUT2D eigenvalue weighted by molar-refractivity contribution is 6.36. The summed E-state index contributed by atoms with van der Waals surface area (Å²) in [4.78, 5) is 34.3. The first-order valence-corrected chi connectivity index (χ1v) is 7.95. The number of esters is 1. The van der Waals surface area contributed by atoms with Crippen molar-refractivity contribution in [2.75, 3.05) is 11.1 Å². The van der Waals surface area contributed by atoms with Gasteiger partial charge in [-0.25, -0.2) is 4.79 Å². The third-order valence-corrected chi connectivity index (χ3v) is 3.86. The first kappa shape index (κ1) is 19.5. The van der Waals surface area contributed by atoms with E-state index in [0.29, 0.717) is 10.7 Å². The number of amides is 1. The molecule has 136 valence electrons. The number of nitro benzene ring substituents is 1. The number of ether oxygens (including phenoxy) is 1. The Morgan fingerprint density at radius 2 is 1.92 bits per heavy atom. The van der Waals surface area contributed by atoms with Crippen LogP contribution in [0, 0.1) is 10.1 Å². The summed E-state index contributed by atoms with van der Waals surface area (Å²) in [6.45, 7) is 1.36. The summed E-state index contributed by atoms with van der Waals surface area (Å²) in [5.41, 5.74) is 5.47. The van der Waals surface area contributed by atoms with E-state index in [2.05, 4.69) is 5.32 Å². The first-order chi connectivity index (χ1) is 12.2. The minimum absolute atomic E-state index is 0.0835. The molecule has 0 bridgehead atoms. The number of benzene rings is 2. The van der Waals surface area contributed by atoms with E-state index in [1.807, 2.05) is 0 Å². The van der Waals surface area contributed by atoms with Crippen LogP contribution in [-0.4, -0.2) is 22.9 Å². The van der Waals surface area contributed by atoms with Gasteiger partial charge in [0, 0.05) is 17.2 Å². The Bertz CT molecular complexity index is 888. The summed E-state index contributed by atoms with van der Waals surface area (Å²) >= 11 is 11.7. The second-order valence-electron chi connectivity index (χ2n) is 5.19. The van der Waals surface area contributed by atoms with Gasteiger partial charge in [-0.3, -0.25) is 14.9 Å². The number of rotatable bonds is 5. The molecule has 26 heavy (non-hydrogen) atoms. The van der Waals surface area contributed by atoms with Crippen LogP contribution < -0.4 is 11.1 Å². The van der Waals surface area contributed by atoms with Gasteiger partial charge in [0.05, 0.1) is 26.9 Å². The summed E-state index contributed by atoms with van der Waals surface area (Å²) in [6, 6.07) is 7.81. The summed E-state index contributed by atoms with van der Waals surface area (Å²) in [5.74, 6) is -1.51. The van der Waals surface area contributed by atoms with Gasteiger partial charge in [-0.1, -0.05) is 23.2 Å². The van der Waals surface area contributed by atoms with Crippen molar-refractivity contribution in [3.05, 3.63) is 62.1 Å². The average molecular weight is 398 g/mol. The molecule has 0 radical (unpaired) electrons. The SMILES string of the molecule is C[C@@H](OC(=O)c1ccc([N+](=O)[O-])cc1N)C(=O)Nc1ccc(Cl)cc1Cl. The predicted octanol–water partition coefficient (Wildman–Crippen LogP) is 3.67. The van der Waals surface area contributed by atoms with Crippen molar-refractivity contribution in [3.63, 3.8) is 0 Å².